The highest BCUT2D eigenvalue weighted by atomic mass is 32.2. The summed E-state index contributed by atoms with van der Waals surface area (Å²) in [5.41, 5.74) is 0.287. The summed E-state index contributed by atoms with van der Waals surface area (Å²) >= 11 is 1.06. The van der Waals surface area contributed by atoms with Crippen molar-refractivity contribution in [2.24, 2.45) is 0 Å². The van der Waals surface area contributed by atoms with Gasteiger partial charge in [0.05, 0.1) is 6.61 Å². The van der Waals surface area contributed by atoms with E-state index >= 15 is 0 Å². The number of aliphatic hydroxyl groups excluding tert-OH is 1. The van der Waals surface area contributed by atoms with Gasteiger partial charge in [0.25, 0.3) is 0 Å². The van der Waals surface area contributed by atoms with Gasteiger partial charge in [-0.1, -0.05) is 13.3 Å². The van der Waals surface area contributed by atoms with Crippen LogP contribution in [0, 0.1) is 0 Å². The number of fused-ring (bicyclic) bond motifs is 1. The summed E-state index contributed by atoms with van der Waals surface area (Å²) in [4.78, 5) is 11.9. The first kappa shape index (κ1) is 16.1. The van der Waals surface area contributed by atoms with Gasteiger partial charge in [-0.25, -0.2) is 8.42 Å². The Hall–Kier alpha value is -0.980. The zero-order valence-corrected chi connectivity index (χ0v) is 12.5. The third-order valence-electron chi connectivity index (χ3n) is 3.22. The molecule has 0 saturated heterocycles. The monoisotopic (exact) mass is 302 g/mol. The second-order valence-electron chi connectivity index (χ2n) is 4.32. The van der Waals surface area contributed by atoms with E-state index in [2.05, 4.69) is 13.2 Å². The van der Waals surface area contributed by atoms with Crippen LogP contribution in [0.5, 0.6) is 0 Å². The van der Waals surface area contributed by atoms with E-state index in [1.807, 2.05) is 6.92 Å². The van der Waals surface area contributed by atoms with Crippen LogP contribution in [-0.4, -0.2) is 30.7 Å². The number of rotatable bonds is 3. The van der Waals surface area contributed by atoms with Gasteiger partial charge in [-0.15, -0.1) is 24.5 Å². The molecule has 0 saturated carbocycles. The van der Waals surface area contributed by atoms with Crippen LogP contribution in [0.15, 0.2) is 28.8 Å². The summed E-state index contributed by atoms with van der Waals surface area (Å²) in [6.07, 6.45) is 0.825. The van der Waals surface area contributed by atoms with Gasteiger partial charge in [0.15, 0.2) is 15.6 Å². The third kappa shape index (κ3) is 2.40. The maximum atomic E-state index is 12.5. The Labute approximate surface area is 117 Å². The van der Waals surface area contributed by atoms with Crippen molar-refractivity contribution >= 4 is 27.0 Å². The summed E-state index contributed by atoms with van der Waals surface area (Å²) in [6, 6.07) is 1.55. The molecule has 0 aliphatic carbocycles. The molecule has 0 fully saturated rings. The topological polar surface area (TPSA) is 71.4 Å². The van der Waals surface area contributed by atoms with Crippen LogP contribution in [0.1, 0.15) is 36.5 Å². The lowest BCUT2D eigenvalue weighted by Crippen LogP contribution is -2.47. The maximum Gasteiger partial charge on any atom is 0.196 e. The van der Waals surface area contributed by atoms with Crippen molar-refractivity contribution in [1.82, 2.24) is 0 Å². The predicted molar refractivity (Wildman–Crippen MR) is 76.4 cm³/mol. The van der Waals surface area contributed by atoms with Gasteiger partial charge in [-0.2, -0.15) is 0 Å². The van der Waals surface area contributed by atoms with E-state index in [0.29, 0.717) is 12.8 Å². The van der Waals surface area contributed by atoms with E-state index in [9.17, 15) is 18.3 Å². The molecule has 1 aromatic rings. The molecule has 0 amide bonds. The highest BCUT2D eigenvalue weighted by Gasteiger charge is 2.51. The molecule has 106 valence electrons. The number of hydrogen-bond donors (Lipinski definition) is 1. The Morgan fingerprint density at radius 2 is 2.11 bits per heavy atom. The number of Topliss-reactive ketones (excluding diaryl/α,β-unsaturated/α-hetero) is 1. The van der Waals surface area contributed by atoms with Crippen molar-refractivity contribution in [2.45, 2.75) is 35.1 Å². The average molecular weight is 302 g/mol. The van der Waals surface area contributed by atoms with E-state index in [1.165, 1.54) is 0 Å². The van der Waals surface area contributed by atoms with Gasteiger partial charge in [-0.05, 0) is 17.9 Å². The van der Waals surface area contributed by atoms with Gasteiger partial charge in [0, 0.05) is 12.0 Å². The zero-order chi connectivity index (χ0) is 14.7. The van der Waals surface area contributed by atoms with Crippen LogP contribution in [0.4, 0.5) is 0 Å². The van der Waals surface area contributed by atoms with Crippen molar-refractivity contribution < 1.29 is 18.3 Å². The maximum absolute atomic E-state index is 12.5. The normalized spacial score (nSPS) is 24.2. The lowest BCUT2D eigenvalue weighted by Gasteiger charge is -2.33. The number of hydrogen-bond acceptors (Lipinski definition) is 5. The molecule has 0 aromatic carbocycles. The third-order valence-corrected chi connectivity index (χ3v) is 7.20. The molecular formula is C13H18O4S2. The van der Waals surface area contributed by atoms with Crippen LogP contribution in [0.3, 0.4) is 0 Å². The molecule has 1 aliphatic rings. The fraction of sp³-hybridized carbons (Fsp3) is 0.462. The number of sulfone groups is 1. The quantitative estimate of drug-likeness (QED) is 0.871. The van der Waals surface area contributed by atoms with E-state index in [4.69, 9.17) is 0 Å². The minimum Gasteiger partial charge on any atom is -0.395 e. The smallest absolute Gasteiger partial charge is 0.196 e. The molecule has 4 nitrogen and oxygen atoms in total. The SMILES string of the molecule is C=C.CCCC1(CO)CC(=O)c2ccsc2S1(=O)=O. The Bertz CT molecular complexity index is 559. The molecule has 2 rings (SSSR count). The molecule has 6 heteroatoms. The molecule has 1 aliphatic heterocycles. The second kappa shape index (κ2) is 5.98. The summed E-state index contributed by atoms with van der Waals surface area (Å²) < 4.78 is 23.7. The number of ketones is 1. The first-order valence-corrected chi connectivity index (χ1v) is 8.31. The fourth-order valence-corrected chi connectivity index (χ4v) is 5.96. The molecule has 1 atom stereocenters. The lowest BCUT2D eigenvalue weighted by atomic mass is 9.94. The van der Waals surface area contributed by atoms with Gasteiger partial charge in [0.2, 0.25) is 0 Å². The number of aliphatic hydroxyl groups is 1. The molecule has 19 heavy (non-hydrogen) atoms. The lowest BCUT2D eigenvalue weighted by molar-refractivity contribution is 0.0934. The van der Waals surface area contributed by atoms with Crippen LogP contribution in [0.2, 0.25) is 0 Å². The standard InChI is InChI=1S/C11H14O4S2.C2H4/c1-2-4-11(7-12)6-9(13)8-3-5-16-10(8)17(11,14)15;1-2/h3,5,12H,2,4,6-7H2,1H3;1-2H2. The van der Waals surface area contributed by atoms with E-state index < -0.39 is 21.2 Å². The van der Waals surface area contributed by atoms with Gasteiger partial charge in [0.1, 0.15) is 8.96 Å². The van der Waals surface area contributed by atoms with Crippen molar-refractivity contribution in [3.63, 3.8) is 0 Å². The molecule has 0 bridgehead atoms. The number of thiophene rings is 1. The van der Waals surface area contributed by atoms with Crippen LogP contribution >= 0.6 is 11.3 Å². The van der Waals surface area contributed by atoms with Crippen molar-refractivity contribution in [1.29, 1.82) is 0 Å². The Balaban J connectivity index is 0.000000861. The summed E-state index contributed by atoms with van der Waals surface area (Å²) in [5.74, 6) is -0.182. The first-order chi connectivity index (χ1) is 8.98. The first-order valence-electron chi connectivity index (χ1n) is 5.95. The molecule has 1 unspecified atom stereocenters. The Morgan fingerprint density at radius 1 is 1.47 bits per heavy atom. The second-order valence-corrected chi connectivity index (χ2v) is 7.77. The minimum absolute atomic E-state index is 0.108. The molecule has 1 N–H and O–H groups in total. The predicted octanol–water partition coefficient (Wildman–Crippen LogP) is 2.44. The van der Waals surface area contributed by atoms with Crippen molar-refractivity contribution in [3.05, 3.63) is 30.2 Å². The Kier molecular flexibility index (Phi) is 5.06. The highest BCUT2D eigenvalue weighted by Crippen LogP contribution is 2.42. The van der Waals surface area contributed by atoms with Gasteiger partial charge >= 0.3 is 0 Å². The summed E-state index contributed by atoms with van der Waals surface area (Å²) in [5, 5.41) is 11.1. The van der Waals surface area contributed by atoms with Crippen LogP contribution in [-0.2, 0) is 9.84 Å². The summed E-state index contributed by atoms with van der Waals surface area (Å²) in [6.45, 7) is 7.35. The van der Waals surface area contributed by atoms with Crippen LogP contribution in [0.25, 0.3) is 0 Å². The molecule has 2 heterocycles. The van der Waals surface area contributed by atoms with Crippen LogP contribution < -0.4 is 0 Å². The van der Waals surface area contributed by atoms with E-state index in [-0.39, 0.29) is 22.0 Å². The van der Waals surface area contributed by atoms with Crippen molar-refractivity contribution in [2.75, 3.05) is 6.61 Å². The average Bonchev–Trinajstić information content (AvgIpc) is 2.89. The highest BCUT2D eigenvalue weighted by molar-refractivity contribution is 7.95. The van der Waals surface area contributed by atoms with E-state index in [1.54, 1.807) is 11.4 Å². The minimum atomic E-state index is -3.60. The molecule has 0 spiro atoms. The number of carbonyl (C=O) groups excluding carboxylic acids is 1. The van der Waals surface area contributed by atoms with Gasteiger partial charge < -0.3 is 5.11 Å². The largest absolute Gasteiger partial charge is 0.395 e. The van der Waals surface area contributed by atoms with E-state index in [0.717, 1.165) is 11.3 Å². The molecule has 0 radical (unpaired) electrons. The van der Waals surface area contributed by atoms with Crippen molar-refractivity contribution in [3.8, 4) is 0 Å². The van der Waals surface area contributed by atoms with Gasteiger partial charge in [-0.3, -0.25) is 4.79 Å². The summed E-state index contributed by atoms with van der Waals surface area (Å²) in [7, 11) is -3.60. The Morgan fingerprint density at radius 3 is 2.63 bits per heavy atom. The molecular weight excluding hydrogens is 284 g/mol. The fourth-order valence-electron chi connectivity index (χ4n) is 2.29. The zero-order valence-electron chi connectivity index (χ0n) is 10.9. The number of carbonyl (C=O) groups is 1. The molecule has 1 aromatic heterocycles.